The number of anilines is 1. The van der Waals surface area contributed by atoms with Gasteiger partial charge < -0.3 is 20.5 Å². The van der Waals surface area contributed by atoms with E-state index in [2.05, 4.69) is 10.6 Å². The lowest BCUT2D eigenvalue weighted by Gasteiger charge is -2.19. The topological polar surface area (TPSA) is 105 Å². The maximum atomic E-state index is 12.2. The Bertz CT molecular complexity index is 612. The number of carbonyl (C=O) groups excluding carboxylic acids is 2. The van der Waals surface area contributed by atoms with Crippen LogP contribution in [0.4, 0.5) is 5.69 Å². The molecule has 2 rings (SSSR count). The number of carboxylic acid groups (broad SMARTS) is 1. The van der Waals surface area contributed by atoms with Crippen molar-refractivity contribution in [1.29, 1.82) is 0 Å². The van der Waals surface area contributed by atoms with Gasteiger partial charge >= 0.3 is 5.97 Å². The van der Waals surface area contributed by atoms with E-state index in [0.29, 0.717) is 17.9 Å². The largest absolute Gasteiger partial charge is 0.482 e. The monoisotopic (exact) mass is 306 g/mol. The van der Waals surface area contributed by atoms with Crippen LogP contribution in [0.15, 0.2) is 18.2 Å². The van der Waals surface area contributed by atoms with Crippen molar-refractivity contribution in [3.05, 3.63) is 23.8 Å². The number of amides is 2. The predicted octanol–water partition coefficient (Wildman–Crippen LogP) is 1.25. The van der Waals surface area contributed by atoms with Gasteiger partial charge in [0.15, 0.2) is 6.61 Å². The van der Waals surface area contributed by atoms with E-state index in [9.17, 15) is 14.4 Å². The van der Waals surface area contributed by atoms with E-state index < -0.39 is 17.9 Å². The highest BCUT2D eigenvalue weighted by Gasteiger charge is 2.23. The molecule has 1 unspecified atom stereocenters. The standard InChI is InChI=1S/C15H18N2O5/c1-8(2)5-11(15(20)21)17-14(19)9-3-4-10-12(6-9)22-7-13(18)16-10/h3-4,6,8,11H,5,7H2,1-2H3,(H,16,18)(H,17,19)(H,20,21). The molecule has 1 aliphatic rings. The summed E-state index contributed by atoms with van der Waals surface area (Å²) >= 11 is 0. The second kappa shape index (κ2) is 6.46. The summed E-state index contributed by atoms with van der Waals surface area (Å²) in [6, 6.07) is 3.61. The van der Waals surface area contributed by atoms with Crippen molar-refractivity contribution >= 4 is 23.5 Å². The van der Waals surface area contributed by atoms with Gasteiger partial charge in [-0.25, -0.2) is 4.79 Å². The average Bonchev–Trinajstić information content (AvgIpc) is 2.45. The van der Waals surface area contributed by atoms with E-state index in [0.717, 1.165) is 0 Å². The summed E-state index contributed by atoms with van der Waals surface area (Å²) in [6.07, 6.45) is 0.346. The SMILES string of the molecule is CC(C)CC(NC(=O)c1ccc2c(c1)OCC(=O)N2)C(=O)O. The zero-order valence-corrected chi connectivity index (χ0v) is 12.4. The van der Waals surface area contributed by atoms with Crippen LogP contribution in [0.5, 0.6) is 5.75 Å². The molecule has 1 aliphatic heterocycles. The molecule has 1 aromatic rings. The molecule has 0 saturated heterocycles. The Morgan fingerprint density at radius 3 is 2.77 bits per heavy atom. The first-order valence-electron chi connectivity index (χ1n) is 6.97. The molecule has 1 atom stereocenters. The average molecular weight is 306 g/mol. The quantitative estimate of drug-likeness (QED) is 0.759. The highest BCUT2D eigenvalue weighted by molar-refractivity contribution is 6.00. The summed E-state index contributed by atoms with van der Waals surface area (Å²) in [7, 11) is 0. The first-order chi connectivity index (χ1) is 10.4. The van der Waals surface area contributed by atoms with Crippen molar-refractivity contribution < 1.29 is 24.2 Å². The number of ether oxygens (including phenoxy) is 1. The maximum Gasteiger partial charge on any atom is 0.326 e. The van der Waals surface area contributed by atoms with Gasteiger partial charge in [-0.15, -0.1) is 0 Å². The number of nitrogens with one attached hydrogen (secondary N) is 2. The van der Waals surface area contributed by atoms with Crippen molar-refractivity contribution in [2.75, 3.05) is 11.9 Å². The molecule has 0 radical (unpaired) electrons. The Morgan fingerprint density at radius 2 is 2.14 bits per heavy atom. The minimum Gasteiger partial charge on any atom is -0.482 e. The number of benzene rings is 1. The molecule has 118 valence electrons. The number of aliphatic carboxylic acids is 1. The van der Waals surface area contributed by atoms with Gasteiger partial charge in [0.1, 0.15) is 11.8 Å². The Kier molecular flexibility index (Phi) is 4.65. The Balaban J connectivity index is 2.12. The number of carboxylic acids is 1. The normalized spacial score (nSPS) is 14.6. The summed E-state index contributed by atoms with van der Waals surface area (Å²) in [6.45, 7) is 3.66. The summed E-state index contributed by atoms with van der Waals surface area (Å²) in [4.78, 5) is 34.5. The summed E-state index contributed by atoms with van der Waals surface area (Å²) in [5.41, 5.74) is 0.773. The molecule has 0 saturated carbocycles. The highest BCUT2D eigenvalue weighted by atomic mass is 16.5. The van der Waals surface area contributed by atoms with Crippen LogP contribution in [0.3, 0.4) is 0 Å². The van der Waals surface area contributed by atoms with Gasteiger partial charge in [-0.05, 0) is 30.5 Å². The minimum atomic E-state index is -1.07. The molecule has 0 aromatic heterocycles. The Hall–Kier alpha value is -2.57. The molecule has 0 aliphatic carbocycles. The maximum absolute atomic E-state index is 12.2. The molecule has 1 heterocycles. The predicted molar refractivity (Wildman–Crippen MR) is 78.9 cm³/mol. The van der Waals surface area contributed by atoms with Crippen LogP contribution in [-0.4, -0.2) is 35.5 Å². The third-order valence-electron chi connectivity index (χ3n) is 3.19. The zero-order chi connectivity index (χ0) is 16.3. The molecule has 3 N–H and O–H groups in total. The van der Waals surface area contributed by atoms with E-state index in [1.165, 1.54) is 12.1 Å². The van der Waals surface area contributed by atoms with E-state index >= 15 is 0 Å². The van der Waals surface area contributed by atoms with Gasteiger partial charge in [-0.3, -0.25) is 9.59 Å². The third-order valence-corrected chi connectivity index (χ3v) is 3.19. The van der Waals surface area contributed by atoms with Gasteiger partial charge in [0.05, 0.1) is 5.69 Å². The molecule has 0 bridgehead atoms. The molecule has 0 fully saturated rings. The van der Waals surface area contributed by atoms with Crippen LogP contribution in [0.25, 0.3) is 0 Å². The van der Waals surface area contributed by atoms with Gasteiger partial charge in [-0.2, -0.15) is 0 Å². The number of fused-ring (bicyclic) bond motifs is 1. The molecular formula is C15H18N2O5. The molecular weight excluding hydrogens is 288 g/mol. The van der Waals surface area contributed by atoms with Gasteiger partial charge in [0.2, 0.25) is 0 Å². The Morgan fingerprint density at radius 1 is 1.41 bits per heavy atom. The second-order valence-corrected chi connectivity index (χ2v) is 5.54. The van der Waals surface area contributed by atoms with Crippen molar-refractivity contribution in [2.45, 2.75) is 26.3 Å². The van der Waals surface area contributed by atoms with Crippen molar-refractivity contribution in [2.24, 2.45) is 5.92 Å². The third kappa shape index (κ3) is 3.75. The summed E-state index contributed by atoms with van der Waals surface area (Å²) < 4.78 is 5.24. The van der Waals surface area contributed by atoms with Crippen LogP contribution in [0.1, 0.15) is 30.6 Å². The molecule has 0 spiro atoms. The van der Waals surface area contributed by atoms with Gasteiger partial charge in [-0.1, -0.05) is 13.8 Å². The fourth-order valence-electron chi connectivity index (χ4n) is 2.15. The molecule has 7 nitrogen and oxygen atoms in total. The first-order valence-corrected chi connectivity index (χ1v) is 6.97. The Labute approximate surface area is 127 Å². The first kappa shape index (κ1) is 15.8. The lowest BCUT2D eigenvalue weighted by molar-refractivity contribution is -0.139. The number of hydrogen-bond donors (Lipinski definition) is 3. The summed E-state index contributed by atoms with van der Waals surface area (Å²) in [5.74, 6) is -1.28. The number of rotatable bonds is 5. The van der Waals surface area contributed by atoms with Gasteiger partial charge in [0.25, 0.3) is 11.8 Å². The second-order valence-electron chi connectivity index (χ2n) is 5.54. The molecule has 1 aromatic carbocycles. The van der Waals surface area contributed by atoms with Crippen LogP contribution >= 0.6 is 0 Å². The minimum absolute atomic E-state index is 0.108. The van der Waals surface area contributed by atoms with Crippen molar-refractivity contribution in [1.82, 2.24) is 5.32 Å². The van der Waals surface area contributed by atoms with Crippen molar-refractivity contribution in [3.63, 3.8) is 0 Å². The van der Waals surface area contributed by atoms with E-state index in [1.54, 1.807) is 6.07 Å². The van der Waals surface area contributed by atoms with Crippen molar-refractivity contribution in [3.8, 4) is 5.75 Å². The summed E-state index contributed by atoms with van der Waals surface area (Å²) in [5, 5.41) is 14.3. The zero-order valence-electron chi connectivity index (χ0n) is 12.4. The fourth-order valence-corrected chi connectivity index (χ4v) is 2.15. The van der Waals surface area contributed by atoms with E-state index in [-0.39, 0.29) is 24.0 Å². The number of hydrogen-bond acceptors (Lipinski definition) is 4. The lowest BCUT2D eigenvalue weighted by atomic mass is 10.0. The van der Waals surface area contributed by atoms with E-state index in [1.807, 2.05) is 13.8 Å². The molecule has 22 heavy (non-hydrogen) atoms. The van der Waals surface area contributed by atoms with Crippen LogP contribution in [-0.2, 0) is 9.59 Å². The molecule has 2 amide bonds. The lowest BCUT2D eigenvalue weighted by Crippen LogP contribution is -2.41. The van der Waals surface area contributed by atoms with Crippen LogP contribution in [0, 0.1) is 5.92 Å². The highest BCUT2D eigenvalue weighted by Crippen LogP contribution is 2.28. The van der Waals surface area contributed by atoms with Crippen LogP contribution < -0.4 is 15.4 Å². The van der Waals surface area contributed by atoms with Gasteiger partial charge in [0, 0.05) is 5.56 Å². The fraction of sp³-hybridized carbons (Fsp3) is 0.400. The smallest absolute Gasteiger partial charge is 0.326 e. The molecule has 7 heteroatoms. The van der Waals surface area contributed by atoms with Crippen LogP contribution in [0.2, 0.25) is 0 Å². The number of carbonyl (C=O) groups is 3. The van der Waals surface area contributed by atoms with E-state index in [4.69, 9.17) is 9.84 Å².